The fourth-order valence-corrected chi connectivity index (χ4v) is 5.49. The second-order valence-electron chi connectivity index (χ2n) is 9.10. The van der Waals surface area contributed by atoms with E-state index in [-0.39, 0.29) is 5.41 Å². The van der Waals surface area contributed by atoms with Crippen LogP contribution in [0.25, 0.3) is 0 Å². The number of nitrogens with zero attached hydrogens (tertiary/aromatic N) is 2. The van der Waals surface area contributed by atoms with E-state index in [1.54, 1.807) is 0 Å². The van der Waals surface area contributed by atoms with Crippen LogP contribution in [0.15, 0.2) is 42.6 Å². The summed E-state index contributed by atoms with van der Waals surface area (Å²) in [7, 11) is 0. The van der Waals surface area contributed by atoms with Gasteiger partial charge >= 0.3 is 0 Å². The molecule has 0 amide bonds. The van der Waals surface area contributed by atoms with Gasteiger partial charge in [0.05, 0.1) is 11.9 Å². The van der Waals surface area contributed by atoms with Crippen LogP contribution in [0.5, 0.6) is 0 Å². The lowest BCUT2D eigenvalue weighted by molar-refractivity contribution is 0.292. The molecule has 2 aromatic rings. The zero-order chi connectivity index (χ0) is 21.7. The van der Waals surface area contributed by atoms with Crippen molar-refractivity contribution in [3.8, 4) is 0 Å². The summed E-state index contributed by atoms with van der Waals surface area (Å²) in [5.41, 5.74) is 2.32. The van der Waals surface area contributed by atoms with Crippen molar-refractivity contribution in [3.05, 3.63) is 53.2 Å². The lowest BCUT2D eigenvalue weighted by Gasteiger charge is -2.38. The molecule has 0 spiro atoms. The third-order valence-corrected chi connectivity index (χ3v) is 7.42. The molecule has 1 saturated carbocycles. The van der Waals surface area contributed by atoms with Gasteiger partial charge in [0.25, 0.3) is 0 Å². The minimum absolute atomic E-state index is 0.0847. The summed E-state index contributed by atoms with van der Waals surface area (Å²) < 4.78 is 0. The fraction of sp³-hybridized carbons (Fsp3) is 0.520. The molecule has 6 heteroatoms. The Balaban J connectivity index is 1.37. The molecular weight excluding hydrogens is 424 g/mol. The van der Waals surface area contributed by atoms with Crippen LogP contribution in [-0.4, -0.2) is 29.2 Å². The standard InChI is InChI=1S/C25H33ClN4S/c1-19-8-3-6-15-30(19)23-12-11-22(17-27-23)29-24(31)28-18-25(13-4-2-5-14-25)20-9-7-10-21(26)16-20/h7,9-12,16-17,19H,2-6,8,13-15,18H2,1H3,(H2,28,29,31)/t19-/m0/s1. The average molecular weight is 457 g/mol. The molecule has 2 aliphatic rings. The van der Waals surface area contributed by atoms with E-state index in [9.17, 15) is 0 Å². The molecular formula is C25H33ClN4S. The lowest BCUT2D eigenvalue weighted by Crippen LogP contribution is -2.43. The quantitative estimate of drug-likeness (QED) is 0.516. The second kappa shape index (κ2) is 10.2. The number of hydrogen-bond acceptors (Lipinski definition) is 3. The van der Waals surface area contributed by atoms with Gasteiger partial charge in [-0.15, -0.1) is 0 Å². The maximum atomic E-state index is 6.30. The number of hydrogen-bond donors (Lipinski definition) is 2. The predicted molar refractivity (Wildman–Crippen MR) is 135 cm³/mol. The summed E-state index contributed by atoms with van der Waals surface area (Å²) in [5, 5.41) is 8.25. The van der Waals surface area contributed by atoms with Gasteiger partial charge in [0, 0.05) is 29.6 Å². The Kier molecular flexibility index (Phi) is 7.34. The highest BCUT2D eigenvalue weighted by atomic mass is 35.5. The largest absolute Gasteiger partial charge is 0.362 e. The second-order valence-corrected chi connectivity index (χ2v) is 9.95. The van der Waals surface area contributed by atoms with E-state index >= 15 is 0 Å². The zero-order valence-corrected chi connectivity index (χ0v) is 19.9. The third kappa shape index (κ3) is 5.50. The van der Waals surface area contributed by atoms with Crippen molar-refractivity contribution in [2.75, 3.05) is 23.3 Å². The Morgan fingerprint density at radius 3 is 2.71 bits per heavy atom. The van der Waals surface area contributed by atoms with Gasteiger partial charge in [0.2, 0.25) is 0 Å². The van der Waals surface area contributed by atoms with Crippen LogP contribution in [0.3, 0.4) is 0 Å². The Bertz CT molecular complexity index is 879. The zero-order valence-electron chi connectivity index (χ0n) is 18.4. The Hall–Kier alpha value is -1.85. The summed E-state index contributed by atoms with van der Waals surface area (Å²) in [4.78, 5) is 7.09. The topological polar surface area (TPSA) is 40.2 Å². The molecule has 0 radical (unpaired) electrons. The minimum atomic E-state index is 0.0847. The van der Waals surface area contributed by atoms with E-state index in [0.29, 0.717) is 11.2 Å². The summed E-state index contributed by atoms with van der Waals surface area (Å²) in [6.07, 6.45) is 11.8. The molecule has 1 saturated heterocycles. The molecule has 1 aliphatic heterocycles. The molecule has 4 rings (SSSR count). The minimum Gasteiger partial charge on any atom is -0.362 e. The van der Waals surface area contributed by atoms with Gasteiger partial charge in [0.15, 0.2) is 5.11 Å². The summed E-state index contributed by atoms with van der Waals surface area (Å²) in [6, 6.07) is 13.1. The van der Waals surface area contributed by atoms with Gasteiger partial charge in [-0.25, -0.2) is 4.98 Å². The first-order valence-electron chi connectivity index (χ1n) is 11.6. The first kappa shape index (κ1) is 22.3. The molecule has 1 aliphatic carbocycles. The van der Waals surface area contributed by atoms with Crippen molar-refractivity contribution in [1.29, 1.82) is 0 Å². The first-order chi connectivity index (χ1) is 15.1. The number of benzene rings is 1. The highest BCUT2D eigenvalue weighted by molar-refractivity contribution is 7.80. The Morgan fingerprint density at radius 2 is 2.00 bits per heavy atom. The monoisotopic (exact) mass is 456 g/mol. The van der Waals surface area contributed by atoms with Crippen LogP contribution in [0, 0.1) is 0 Å². The van der Waals surface area contributed by atoms with E-state index in [1.165, 1.54) is 44.1 Å². The molecule has 4 nitrogen and oxygen atoms in total. The molecule has 1 atom stereocenters. The molecule has 2 N–H and O–H groups in total. The van der Waals surface area contributed by atoms with Crippen molar-refractivity contribution in [2.24, 2.45) is 0 Å². The number of thiocarbonyl (C=S) groups is 1. The number of piperidine rings is 1. The van der Waals surface area contributed by atoms with Gasteiger partial charge in [-0.05, 0) is 81.1 Å². The van der Waals surface area contributed by atoms with Crippen LogP contribution < -0.4 is 15.5 Å². The van der Waals surface area contributed by atoms with Crippen molar-refractivity contribution in [2.45, 2.75) is 69.7 Å². The molecule has 2 heterocycles. The molecule has 0 unspecified atom stereocenters. The smallest absolute Gasteiger partial charge is 0.170 e. The van der Waals surface area contributed by atoms with E-state index in [0.717, 1.165) is 42.5 Å². The van der Waals surface area contributed by atoms with Crippen LogP contribution in [-0.2, 0) is 5.41 Å². The number of rotatable bonds is 5. The van der Waals surface area contributed by atoms with Crippen LogP contribution >= 0.6 is 23.8 Å². The summed E-state index contributed by atoms with van der Waals surface area (Å²) in [5.74, 6) is 1.05. The van der Waals surface area contributed by atoms with E-state index in [2.05, 4.69) is 57.8 Å². The maximum absolute atomic E-state index is 6.30. The average Bonchev–Trinajstić information content (AvgIpc) is 2.79. The molecule has 1 aromatic heterocycles. The first-order valence-corrected chi connectivity index (χ1v) is 12.4. The van der Waals surface area contributed by atoms with Crippen LogP contribution in [0.2, 0.25) is 5.02 Å². The normalized spacial score (nSPS) is 20.8. The summed E-state index contributed by atoms with van der Waals surface area (Å²) >= 11 is 11.9. The van der Waals surface area contributed by atoms with Crippen molar-refractivity contribution < 1.29 is 0 Å². The number of anilines is 2. The maximum Gasteiger partial charge on any atom is 0.170 e. The molecule has 166 valence electrons. The number of pyridine rings is 1. The molecule has 0 bridgehead atoms. The number of halogens is 1. The Morgan fingerprint density at radius 1 is 1.16 bits per heavy atom. The van der Waals surface area contributed by atoms with Crippen molar-refractivity contribution in [1.82, 2.24) is 10.3 Å². The van der Waals surface area contributed by atoms with Crippen molar-refractivity contribution >= 4 is 40.4 Å². The highest BCUT2D eigenvalue weighted by Gasteiger charge is 2.34. The van der Waals surface area contributed by atoms with Crippen LogP contribution in [0.1, 0.15) is 63.9 Å². The Labute approximate surface area is 196 Å². The van der Waals surface area contributed by atoms with Gasteiger partial charge < -0.3 is 15.5 Å². The molecule has 2 fully saturated rings. The number of aromatic nitrogens is 1. The van der Waals surface area contributed by atoms with E-state index in [4.69, 9.17) is 23.8 Å². The number of nitrogens with one attached hydrogen (secondary N) is 2. The SMILES string of the molecule is C[C@H]1CCCCN1c1ccc(NC(=S)NCC2(c3cccc(Cl)c3)CCCCC2)cn1. The van der Waals surface area contributed by atoms with Gasteiger partial charge in [-0.3, -0.25) is 0 Å². The molecule has 1 aromatic carbocycles. The fourth-order valence-electron chi connectivity index (χ4n) is 5.11. The van der Waals surface area contributed by atoms with Crippen molar-refractivity contribution in [3.63, 3.8) is 0 Å². The van der Waals surface area contributed by atoms with Gasteiger partial charge in [-0.2, -0.15) is 0 Å². The van der Waals surface area contributed by atoms with E-state index < -0.39 is 0 Å². The van der Waals surface area contributed by atoms with Crippen LogP contribution in [0.4, 0.5) is 11.5 Å². The highest BCUT2D eigenvalue weighted by Crippen LogP contribution is 2.39. The lowest BCUT2D eigenvalue weighted by atomic mass is 9.69. The van der Waals surface area contributed by atoms with E-state index in [1.807, 2.05) is 12.3 Å². The van der Waals surface area contributed by atoms with Gasteiger partial charge in [0.1, 0.15) is 5.82 Å². The summed E-state index contributed by atoms with van der Waals surface area (Å²) in [6.45, 7) is 4.19. The predicted octanol–water partition coefficient (Wildman–Crippen LogP) is 6.30. The molecule has 31 heavy (non-hydrogen) atoms. The van der Waals surface area contributed by atoms with Gasteiger partial charge in [-0.1, -0.05) is 43.0 Å². The third-order valence-electron chi connectivity index (χ3n) is 6.94.